The minimum atomic E-state index is -0.0267. The van der Waals surface area contributed by atoms with Gasteiger partial charge >= 0.3 is 0 Å². The Morgan fingerprint density at radius 3 is 2.90 bits per heavy atom. The Hall–Kier alpha value is -1.88. The molecule has 20 heavy (non-hydrogen) atoms. The zero-order chi connectivity index (χ0) is 14.5. The molecule has 0 aliphatic heterocycles. The van der Waals surface area contributed by atoms with Crippen LogP contribution < -0.4 is 4.74 Å². The Morgan fingerprint density at radius 1 is 1.45 bits per heavy atom. The second-order valence-electron chi connectivity index (χ2n) is 4.39. The zero-order valence-corrected chi connectivity index (χ0v) is 12.2. The molecule has 2 aromatic rings. The third kappa shape index (κ3) is 3.36. The third-order valence-corrected chi connectivity index (χ3v) is 3.12. The van der Waals surface area contributed by atoms with Crippen molar-refractivity contribution < 1.29 is 9.53 Å². The van der Waals surface area contributed by atoms with E-state index in [1.54, 1.807) is 22.9 Å². The monoisotopic (exact) mass is 293 g/mol. The number of hydrogen-bond donors (Lipinski definition) is 0. The van der Waals surface area contributed by atoms with Crippen LogP contribution in [0.2, 0.25) is 5.02 Å². The molecular formula is C14H16ClN3O2. The van der Waals surface area contributed by atoms with Gasteiger partial charge < -0.3 is 4.74 Å². The molecule has 0 amide bonds. The first kappa shape index (κ1) is 14.5. The maximum Gasteiger partial charge on any atom is 0.164 e. The second kappa shape index (κ2) is 6.52. The predicted octanol–water partition coefficient (Wildman–Crippen LogP) is 3.12. The molecule has 0 atom stereocenters. The van der Waals surface area contributed by atoms with E-state index in [4.69, 9.17) is 16.3 Å². The molecule has 1 heterocycles. The van der Waals surface area contributed by atoms with E-state index in [0.717, 1.165) is 18.8 Å². The molecule has 0 spiro atoms. The van der Waals surface area contributed by atoms with Crippen molar-refractivity contribution >= 4 is 17.4 Å². The number of carbonyl (C=O) groups excluding carboxylic acids is 1. The first-order valence-corrected chi connectivity index (χ1v) is 6.79. The van der Waals surface area contributed by atoms with E-state index in [-0.39, 0.29) is 5.78 Å². The van der Waals surface area contributed by atoms with E-state index in [1.165, 1.54) is 13.3 Å². The number of ketones is 1. The highest BCUT2D eigenvalue weighted by Gasteiger charge is 2.09. The van der Waals surface area contributed by atoms with Gasteiger partial charge in [-0.1, -0.05) is 18.5 Å². The summed E-state index contributed by atoms with van der Waals surface area (Å²) in [6, 6.07) is 5.00. The van der Waals surface area contributed by atoms with Crippen LogP contribution in [0.25, 0.3) is 0 Å². The summed E-state index contributed by atoms with van der Waals surface area (Å²) in [5.74, 6) is 1.25. The Labute approximate surface area is 122 Å². The Balaban J connectivity index is 2.07. The normalized spacial score (nSPS) is 10.6. The average molecular weight is 294 g/mol. The van der Waals surface area contributed by atoms with E-state index in [0.29, 0.717) is 22.9 Å². The van der Waals surface area contributed by atoms with Crippen LogP contribution in [0.3, 0.4) is 0 Å². The molecule has 0 aliphatic carbocycles. The number of ether oxygens (including phenoxy) is 1. The van der Waals surface area contributed by atoms with Crippen molar-refractivity contribution in [3.8, 4) is 5.75 Å². The minimum absolute atomic E-state index is 0.0267. The molecule has 0 aliphatic rings. The highest BCUT2D eigenvalue weighted by molar-refractivity contribution is 6.32. The fourth-order valence-electron chi connectivity index (χ4n) is 1.78. The number of hydrogen-bond acceptors (Lipinski definition) is 4. The standard InChI is InChI=1S/C14H16ClN3O2/c1-3-6-18-14(16-9-17-18)8-20-13-5-4-11(10(2)19)7-12(13)15/h4-5,7,9H,3,6,8H2,1-2H3. The summed E-state index contributed by atoms with van der Waals surface area (Å²) >= 11 is 6.09. The van der Waals surface area contributed by atoms with Gasteiger partial charge in [-0.2, -0.15) is 5.10 Å². The lowest BCUT2D eigenvalue weighted by Gasteiger charge is -2.09. The Kier molecular flexibility index (Phi) is 4.74. The SMILES string of the molecule is CCCn1ncnc1COc1ccc(C(C)=O)cc1Cl. The van der Waals surface area contributed by atoms with Crippen molar-refractivity contribution in [2.45, 2.75) is 33.4 Å². The van der Waals surface area contributed by atoms with Crippen LogP contribution >= 0.6 is 11.6 Å². The molecule has 0 unspecified atom stereocenters. The fraction of sp³-hybridized carbons (Fsp3) is 0.357. The van der Waals surface area contributed by atoms with Gasteiger partial charge in [0, 0.05) is 12.1 Å². The molecule has 5 nitrogen and oxygen atoms in total. The number of carbonyl (C=O) groups is 1. The van der Waals surface area contributed by atoms with Crippen molar-refractivity contribution in [2.75, 3.05) is 0 Å². The molecule has 1 aromatic carbocycles. The van der Waals surface area contributed by atoms with Gasteiger partial charge in [-0.25, -0.2) is 9.67 Å². The summed E-state index contributed by atoms with van der Waals surface area (Å²) < 4.78 is 7.44. The van der Waals surface area contributed by atoms with Crippen LogP contribution in [0.5, 0.6) is 5.75 Å². The molecular weight excluding hydrogens is 278 g/mol. The van der Waals surface area contributed by atoms with Crippen LogP contribution in [-0.4, -0.2) is 20.5 Å². The number of halogens is 1. The molecule has 6 heteroatoms. The van der Waals surface area contributed by atoms with E-state index < -0.39 is 0 Å². The number of aryl methyl sites for hydroxylation is 1. The lowest BCUT2D eigenvalue weighted by Crippen LogP contribution is -2.08. The number of Topliss-reactive ketones (excluding diaryl/α,β-unsaturated/α-hetero) is 1. The topological polar surface area (TPSA) is 57.0 Å². The summed E-state index contributed by atoms with van der Waals surface area (Å²) in [6.07, 6.45) is 2.49. The summed E-state index contributed by atoms with van der Waals surface area (Å²) in [5.41, 5.74) is 0.566. The first-order valence-electron chi connectivity index (χ1n) is 6.41. The van der Waals surface area contributed by atoms with Gasteiger partial charge in [0.25, 0.3) is 0 Å². The smallest absolute Gasteiger partial charge is 0.164 e. The van der Waals surface area contributed by atoms with Crippen LogP contribution in [-0.2, 0) is 13.2 Å². The molecule has 106 valence electrons. The summed E-state index contributed by atoms with van der Waals surface area (Å²) in [7, 11) is 0. The third-order valence-electron chi connectivity index (χ3n) is 2.83. The van der Waals surface area contributed by atoms with Crippen molar-refractivity contribution in [3.63, 3.8) is 0 Å². The van der Waals surface area contributed by atoms with E-state index in [2.05, 4.69) is 17.0 Å². The first-order chi connectivity index (χ1) is 9.61. The summed E-state index contributed by atoms with van der Waals surface area (Å²) in [5, 5.41) is 4.54. The highest BCUT2D eigenvalue weighted by atomic mass is 35.5. The van der Waals surface area contributed by atoms with E-state index in [9.17, 15) is 4.79 Å². The number of rotatable bonds is 6. The zero-order valence-electron chi connectivity index (χ0n) is 11.5. The molecule has 0 saturated carbocycles. The molecule has 0 N–H and O–H groups in total. The van der Waals surface area contributed by atoms with Crippen molar-refractivity contribution in [3.05, 3.63) is 40.9 Å². The quantitative estimate of drug-likeness (QED) is 0.768. The second-order valence-corrected chi connectivity index (χ2v) is 4.80. The molecule has 1 aromatic heterocycles. The predicted molar refractivity (Wildman–Crippen MR) is 76.1 cm³/mol. The molecule has 0 fully saturated rings. The van der Waals surface area contributed by atoms with Gasteiger partial charge in [0.2, 0.25) is 0 Å². The number of aromatic nitrogens is 3. The van der Waals surface area contributed by atoms with Crippen LogP contribution in [0.1, 0.15) is 36.5 Å². The lowest BCUT2D eigenvalue weighted by atomic mass is 10.1. The van der Waals surface area contributed by atoms with Gasteiger partial charge in [-0.15, -0.1) is 0 Å². The maximum atomic E-state index is 11.2. The number of nitrogens with zero attached hydrogens (tertiary/aromatic N) is 3. The fourth-order valence-corrected chi connectivity index (χ4v) is 2.01. The van der Waals surface area contributed by atoms with Crippen LogP contribution in [0.15, 0.2) is 24.5 Å². The largest absolute Gasteiger partial charge is 0.484 e. The maximum absolute atomic E-state index is 11.2. The van der Waals surface area contributed by atoms with Gasteiger partial charge in [-0.3, -0.25) is 4.79 Å². The van der Waals surface area contributed by atoms with Crippen LogP contribution in [0, 0.1) is 0 Å². The van der Waals surface area contributed by atoms with Gasteiger partial charge in [-0.05, 0) is 31.5 Å². The molecule has 0 bridgehead atoms. The van der Waals surface area contributed by atoms with Crippen molar-refractivity contribution in [2.24, 2.45) is 0 Å². The molecule has 2 rings (SSSR count). The Bertz CT molecular complexity index is 610. The van der Waals surface area contributed by atoms with E-state index in [1.807, 2.05) is 0 Å². The Morgan fingerprint density at radius 2 is 2.25 bits per heavy atom. The van der Waals surface area contributed by atoms with Gasteiger partial charge in [0.1, 0.15) is 18.7 Å². The van der Waals surface area contributed by atoms with E-state index >= 15 is 0 Å². The van der Waals surface area contributed by atoms with Crippen LogP contribution in [0.4, 0.5) is 0 Å². The number of benzene rings is 1. The lowest BCUT2D eigenvalue weighted by molar-refractivity contribution is 0.101. The van der Waals surface area contributed by atoms with Gasteiger partial charge in [0.05, 0.1) is 5.02 Å². The van der Waals surface area contributed by atoms with Crippen molar-refractivity contribution in [1.29, 1.82) is 0 Å². The minimum Gasteiger partial charge on any atom is -0.484 e. The van der Waals surface area contributed by atoms with Crippen molar-refractivity contribution in [1.82, 2.24) is 14.8 Å². The summed E-state index contributed by atoms with van der Waals surface area (Å²) in [4.78, 5) is 15.4. The molecule has 0 radical (unpaired) electrons. The molecule has 0 saturated heterocycles. The average Bonchev–Trinajstić information content (AvgIpc) is 2.85. The highest BCUT2D eigenvalue weighted by Crippen LogP contribution is 2.26. The van der Waals surface area contributed by atoms with Gasteiger partial charge in [0.15, 0.2) is 11.6 Å². The summed E-state index contributed by atoms with van der Waals surface area (Å²) in [6.45, 7) is 4.66.